The molecule has 0 aliphatic rings. The molecule has 0 aliphatic carbocycles. The Morgan fingerprint density at radius 2 is 1.57 bits per heavy atom. The lowest BCUT2D eigenvalue weighted by molar-refractivity contribution is 0.574. The van der Waals surface area contributed by atoms with Crippen LogP contribution in [0.2, 0.25) is 0 Å². The van der Waals surface area contributed by atoms with Gasteiger partial charge in [0.05, 0.1) is 10.9 Å². The van der Waals surface area contributed by atoms with Crippen molar-refractivity contribution in [1.82, 2.24) is 4.72 Å². The van der Waals surface area contributed by atoms with Gasteiger partial charge in [0.1, 0.15) is 0 Å². The van der Waals surface area contributed by atoms with E-state index in [0.717, 1.165) is 17.5 Å². The predicted octanol–water partition coefficient (Wildman–Crippen LogP) is 5.42. The fourth-order valence-electron chi connectivity index (χ4n) is 2.79. The predicted molar refractivity (Wildman–Crippen MR) is 123 cm³/mol. The van der Waals surface area contributed by atoms with Gasteiger partial charge < -0.3 is 0 Å². The third-order valence-electron chi connectivity index (χ3n) is 4.37. The molecule has 0 heterocycles. The van der Waals surface area contributed by atoms with Gasteiger partial charge in [0.2, 0.25) is 10.0 Å². The lowest BCUT2D eigenvalue weighted by Crippen LogP contribution is -2.27. The first-order chi connectivity index (χ1) is 13.4. The summed E-state index contributed by atoms with van der Waals surface area (Å²) >= 11 is 2.28. The van der Waals surface area contributed by atoms with Crippen LogP contribution >= 0.6 is 22.6 Å². The van der Waals surface area contributed by atoms with Crippen LogP contribution in [0.5, 0.6) is 0 Å². The fourth-order valence-corrected chi connectivity index (χ4v) is 4.33. The third kappa shape index (κ3) is 5.77. The number of halogens is 1. The van der Waals surface area contributed by atoms with Crippen molar-refractivity contribution >= 4 is 32.6 Å². The standard InChI is InChI=1S/C23H22INO2S/c1-18-10-16-22(17-11-18)28(26,27)25-23(20-7-3-2-4-8-20)9-5-6-19-12-14-21(24)15-13-19/h2-5,7-17,23,25H,6H2,1H3/b9-5+. The average Bonchev–Trinajstić information content (AvgIpc) is 2.69. The van der Waals surface area contributed by atoms with Crippen LogP contribution in [0.15, 0.2) is 95.9 Å². The summed E-state index contributed by atoms with van der Waals surface area (Å²) in [6, 6.07) is 24.3. The maximum atomic E-state index is 12.9. The van der Waals surface area contributed by atoms with E-state index in [2.05, 4.69) is 51.6 Å². The van der Waals surface area contributed by atoms with Crippen LogP contribution in [0.3, 0.4) is 0 Å². The van der Waals surface area contributed by atoms with Crippen molar-refractivity contribution in [1.29, 1.82) is 0 Å². The molecule has 0 radical (unpaired) electrons. The summed E-state index contributed by atoms with van der Waals surface area (Å²) in [6.07, 6.45) is 4.67. The first-order valence-corrected chi connectivity index (χ1v) is 11.6. The first-order valence-electron chi connectivity index (χ1n) is 8.99. The summed E-state index contributed by atoms with van der Waals surface area (Å²) in [4.78, 5) is 0.269. The zero-order chi connectivity index (χ0) is 20.0. The van der Waals surface area contributed by atoms with Crippen LogP contribution in [-0.2, 0) is 16.4 Å². The minimum Gasteiger partial charge on any atom is -0.207 e. The summed E-state index contributed by atoms with van der Waals surface area (Å²) < 4.78 is 29.7. The highest BCUT2D eigenvalue weighted by Crippen LogP contribution is 2.19. The van der Waals surface area contributed by atoms with Gasteiger partial charge in [-0.2, -0.15) is 4.72 Å². The highest BCUT2D eigenvalue weighted by Gasteiger charge is 2.19. The third-order valence-corrected chi connectivity index (χ3v) is 6.54. The Bertz CT molecular complexity index is 1030. The lowest BCUT2D eigenvalue weighted by atomic mass is 10.1. The molecule has 144 valence electrons. The molecule has 1 atom stereocenters. The molecule has 0 fully saturated rings. The van der Waals surface area contributed by atoms with Gasteiger partial charge in [-0.15, -0.1) is 0 Å². The van der Waals surface area contributed by atoms with E-state index < -0.39 is 16.1 Å². The van der Waals surface area contributed by atoms with Crippen molar-refractivity contribution in [3.05, 3.63) is 111 Å². The van der Waals surface area contributed by atoms with Crippen LogP contribution in [0.1, 0.15) is 22.7 Å². The molecule has 3 aromatic carbocycles. The van der Waals surface area contributed by atoms with E-state index in [0.29, 0.717) is 0 Å². The van der Waals surface area contributed by atoms with Gasteiger partial charge in [-0.3, -0.25) is 0 Å². The molecule has 3 rings (SSSR count). The molecule has 0 aromatic heterocycles. The molecule has 1 unspecified atom stereocenters. The molecule has 0 saturated carbocycles. The Kier molecular flexibility index (Phi) is 7.04. The summed E-state index contributed by atoms with van der Waals surface area (Å²) in [7, 11) is -3.63. The Morgan fingerprint density at radius 1 is 0.929 bits per heavy atom. The molecule has 0 aliphatic heterocycles. The van der Waals surface area contributed by atoms with Crippen LogP contribution in [0.25, 0.3) is 0 Å². The molecule has 28 heavy (non-hydrogen) atoms. The van der Waals surface area contributed by atoms with Gasteiger partial charge in [0.15, 0.2) is 0 Å². The lowest BCUT2D eigenvalue weighted by Gasteiger charge is -2.16. The number of benzene rings is 3. The minimum absolute atomic E-state index is 0.269. The topological polar surface area (TPSA) is 46.2 Å². The molecule has 0 bridgehead atoms. The largest absolute Gasteiger partial charge is 0.241 e. The van der Waals surface area contributed by atoms with Crippen LogP contribution in [-0.4, -0.2) is 8.42 Å². The Morgan fingerprint density at radius 3 is 2.21 bits per heavy atom. The van der Waals surface area contributed by atoms with Crippen molar-refractivity contribution in [2.45, 2.75) is 24.3 Å². The highest BCUT2D eigenvalue weighted by atomic mass is 127. The Labute approximate surface area is 180 Å². The van der Waals surface area contributed by atoms with Gasteiger partial charge in [0.25, 0.3) is 0 Å². The first kappa shape index (κ1) is 20.8. The number of sulfonamides is 1. The molecule has 0 amide bonds. The SMILES string of the molecule is Cc1ccc(S(=O)(=O)NC(/C=C/Cc2ccc(I)cc2)c2ccccc2)cc1. The van der Waals surface area contributed by atoms with Gasteiger partial charge >= 0.3 is 0 Å². The second kappa shape index (κ2) is 9.49. The van der Waals surface area contributed by atoms with Gasteiger partial charge in [-0.25, -0.2) is 8.42 Å². The molecule has 0 saturated heterocycles. The van der Waals surface area contributed by atoms with Gasteiger partial charge in [-0.1, -0.05) is 72.3 Å². The number of hydrogen-bond acceptors (Lipinski definition) is 2. The molecular weight excluding hydrogens is 481 g/mol. The van der Waals surface area contributed by atoms with Crippen molar-refractivity contribution in [2.24, 2.45) is 0 Å². The highest BCUT2D eigenvalue weighted by molar-refractivity contribution is 14.1. The molecule has 1 N–H and O–H groups in total. The molecule has 5 heteroatoms. The zero-order valence-electron chi connectivity index (χ0n) is 15.5. The summed E-state index contributed by atoms with van der Waals surface area (Å²) in [6.45, 7) is 1.93. The minimum atomic E-state index is -3.63. The Balaban J connectivity index is 1.82. The summed E-state index contributed by atoms with van der Waals surface area (Å²) in [5, 5.41) is 0. The van der Waals surface area contributed by atoms with Crippen LogP contribution in [0, 0.1) is 10.5 Å². The van der Waals surface area contributed by atoms with E-state index in [1.54, 1.807) is 24.3 Å². The van der Waals surface area contributed by atoms with E-state index in [1.807, 2.05) is 49.4 Å². The molecule has 3 aromatic rings. The molecular formula is C23H22INO2S. The van der Waals surface area contributed by atoms with Crippen molar-refractivity contribution < 1.29 is 8.42 Å². The summed E-state index contributed by atoms with van der Waals surface area (Å²) in [5.41, 5.74) is 3.11. The fraction of sp³-hybridized carbons (Fsp3) is 0.130. The van der Waals surface area contributed by atoms with E-state index in [4.69, 9.17) is 0 Å². The van der Waals surface area contributed by atoms with Crippen molar-refractivity contribution in [3.8, 4) is 0 Å². The van der Waals surface area contributed by atoms with Crippen molar-refractivity contribution in [3.63, 3.8) is 0 Å². The quantitative estimate of drug-likeness (QED) is 0.346. The van der Waals surface area contributed by atoms with Crippen LogP contribution in [0.4, 0.5) is 0 Å². The maximum absolute atomic E-state index is 12.9. The number of allylic oxidation sites excluding steroid dienone is 1. The normalized spacial score (nSPS) is 12.9. The second-order valence-corrected chi connectivity index (χ2v) is 9.54. The second-order valence-electron chi connectivity index (χ2n) is 6.58. The number of aryl methyl sites for hydroxylation is 1. The van der Waals surface area contributed by atoms with E-state index >= 15 is 0 Å². The summed E-state index contributed by atoms with van der Waals surface area (Å²) in [5.74, 6) is 0. The monoisotopic (exact) mass is 503 g/mol. The number of rotatable bonds is 7. The van der Waals surface area contributed by atoms with Gasteiger partial charge in [-0.05, 0) is 71.3 Å². The van der Waals surface area contributed by atoms with Crippen LogP contribution < -0.4 is 4.72 Å². The zero-order valence-corrected chi connectivity index (χ0v) is 18.5. The van der Waals surface area contributed by atoms with E-state index in [1.165, 1.54) is 9.13 Å². The van der Waals surface area contributed by atoms with Gasteiger partial charge in [0, 0.05) is 3.57 Å². The molecule has 3 nitrogen and oxygen atoms in total. The molecule has 0 spiro atoms. The van der Waals surface area contributed by atoms with E-state index in [-0.39, 0.29) is 4.90 Å². The Hall–Kier alpha value is -1.96. The number of nitrogens with one attached hydrogen (secondary N) is 1. The maximum Gasteiger partial charge on any atom is 0.241 e. The average molecular weight is 503 g/mol. The van der Waals surface area contributed by atoms with Crippen molar-refractivity contribution in [2.75, 3.05) is 0 Å². The smallest absolute Gasteiger partial charge is 0.207 e. The van der Waals surface area contributed by atoms with E-state index in [9.17, 15) is 8.42 Å². The number of hydrogen-bond donors (Lipinski definition) is 1.